The number of hydrogen-bond acceptors (Lipinski definition) is 2. The average Bonchev–Trinajstić information content (AvgIpc) is 2.29. The summed E-state index contributed by atoms with van der Waals surface area (Å²) in [6.45, 7) is 4.34. The van der Waals surface area contributed by atoms with Crippen molar-refractivity contribution in [2.24, 2.45) is 0 Å². The van der Waals surface area contributed by atoms with Crippen LogP contribution in [0.25, 0.3) is 0 Å². The highest BCUT2D eigenvalue weighted by molar-refractivity contribution is 7.99. The van der Waals surface area contributed by atoms with Gasteiger partial charge in [0.05, 0.1) is 0 Å². The predicted molar refractivity (Wildman–Crippen MR) is 76.3 cm³/mol. The van der Waals surface area contributed by atoms with Crippen LogP contribution >= 0.6 is 11.8 Å². The van der Waals surface area contributed by atoms with Gasteiger partial charge in [-0.3, -0.25) is 0 Å². The zero-order valence-corrected chi connectivity index (χ0v) is 11.0. The number of aryl methyl sites for hydroxylation is 1. The molecule has 0 heterocycles. The van der Waals surface area contributed by atoms with Gasteiger partial charge in [-0.25, -0.2) is 0 Å². The molecular formula is C15H17NS. The lowest BCUT2D eigenvalue weighted by Gasteiger charge is -2.12. The Morgan fingerprint density at radius 1 is 1.06 bits per heavy atom. The van der Waals surface area contributed by atoms with E-state index in [1.807, 2.05) is 23.9 Å². The topological polar surface area (TPSA) is 26.0 Å². The van der Waals surface area contributed by atoms with Crippen molar-refractivity contribution in [2.75, 3.05) is 5.73 Å². The minimum atomic E-state index is 0.442. The van der Waals surface area contributed by atoms with Crippen LogP contribution in [0.5, 0.6) is 0 Å². The third kappa shape index (κ3) is 3.27. The van der Waals surface area contributed by atoms with Gasteiger partial charge in [0.25, 0.3) is 0 Å². The van der Waals surface area contributed by atoms with Crippen molar-refractivity contribution in [3.05, 3.63) is 59.7 Å². The molecule has 0 bridgehead atoms. The van der Waals surface area contributed by atoms with Gasteiger partial charge in [0.15, 0.2) is 0 Å². The van der Waals surface area contributed by atoms with E-state index in [9.17, 15) is 0 Å². The molecule has 1 nitrogen and oxygen atoms in total. The summed E-state index contributed by atoms with van der Waals surface area (Å²) in [5, 5.41) is 0.442. The van der Waals surface area contributed by atoms with Crippen LogP contribution in [0.3, 0.4) is 0 Å². The number of hydrogen-bond donors (Lipinski definition) is 1. The van der Waals surface area contributed by atoms with Crippen molar-refractivity contribution >= 4 is 17.4 Å². The molecule has 0 radical (unpaired) electrons. The van der Waals surface area contributed by atoms with Gasteiger partial charge in [0, 0.05) is 15.8 Å². The lowest BCUT2D eigenvalue weighted by Crippen LogP contribution is -1.90. The Labute approximate surface area is 107 Å². The van der Waals surface area contributed by atoms with Crippen molar-refractivity contribution in [2.45, 2.75) is 24.0 Å². The van der Waals surface area contributed by atoms with Crippen molar-refractivity contribution in [3.63, 3.8) is 0 Å². The maximum Gasteiger partial charge on any atom is 0.0316 e. The molecule has 2 N–H and O–H groups in total. The van der Waals surface area contributed by atoms with Crippen molar-refractivity contribution in [1.82, 2.24) is 0 Å². The average molecular weight is 243 g/mol. The molecule has 2 heteroatoms. The van der Waals surface area contributed by atoms with E-state index >= 15 is 0 Å². The summed E-state index contributed by atoms with van der Waals surface area (Å²) in [6.07, 6.45) is 0. The van der Waals surface area contributed by atoms with Crippen LogP contribution < -0.4 is 5.73 Å². The van der Waals surface area contributed by atoms with Crippen LogP contribution in [-0.4, -0.2) is 0 Å². The fourth-order valence-electron chi connectivity index (χ4n) is 1.73. The standard InChI is InChI=1S/C15H17NS/c1-11-4-3-5-15(10-11)17-12(2)13-6-8-14(16)9-7-13/h3-10,12H,16H2,1-2H3. The third-order valence-corrected chi connectivity index (χ3v) is 3.86. The molecule has 2 rings (SSSR count). The van der Waals surface area contributed by atoms with Crippen molar-refractivity contribution in [3.8, 4) is 0 Å². The van der Waals surface area contributed by atoms with Gasteiger partial charge >= 0.3 is 0 Å². The summed E-state index contributed by atoms with van der Waals surface area (Å²) < 4.78 is 0. The van der Waals surface area contributed by atoms with E-state index in [1.165, 1.54) is 16.0 Å². The molecule has 0 amide bonds. The lowest BCUT2D eigenvalue weighted by molar-refractivity contribution is 1.10. The Morgan fingerprint density at radius 2 is 1.76 bits per heavy atom. The first-order valence-electron chi connectivity index (χ1n) is 5.74. The van der Waals surface area contributed by atoms with Gasteiger partial charge in [-0.2, -0.15) is 0 Å². The fourth-order valence-corrected chi connectivity index (χ4v) is 2.84. The smallest absolute Gasteiger partial charge is 0.0316 e. The number of thioether (sulfide) groups is 1. The van der Waals surface area contributed by atoms with Gasteiger partial charge in [0.2, 0.25) is 0 Å². The van der Waals surface area contributed by atoms with E-state index < -0.39 is 0 Å². The number of nitrogens with two attached hydrogens (primary N) is 1. The zero-order valence-electron chi connectivity index (χ0n) is 10.2. The molecular weight excluding hydrogens is 226 g/mol. The van der Waals surface area contributed by atoms with Gasteiger partial charge in [-0.15, -0.1) is 11.8 Å². The molecule has 17 heavy (non-hydrogen) atoms. The SMILES string of the molecule is Cc1cccc(SC(C)c2ccc(N)cc2)c1. The zero-order chi connectivity index (χ0) is 12.3. The molecule has 1 unspecified atom stereocenters. The summed E-state index contributed by atoms with van der Waals surface area (Å²) in [4.78, 5) is 1.31. The molecule has 0 saturated heterocycles. The molecule has 0 aliphatic heterocycles. The van der Waals surface area contributed by atoms with E-state index in [2.05, 4.69) is 50.2 Å². The minimum Gasteiger partial charge on any atom is -0.399 e. The maximum absolute atomic E-state index is 5.69. The second-order valence-corrected chi connectivity index (χ2v) is 5.66. The van der Waals surface area contributed by atoms with E-state index in [0.717, 1.165) is 5.69 Å². The van der Waals surface area contributed by atoms with Crippen LogP contribution in [0, 0.1) is 6.92 Å². The Hall–Kier alpha value is -1.41. The van der Waals surface area contributed by atoms with Gasteiger partial charge in [0.1, 0.15) is 0 Å². The molecule has 2 aromatic carbocycles. The summed E-state index contributed by atoms with van der Waals surface area (Å²) in [5.41, 5.74) is 9.13. The normalized spacial score (nSPS) is 12.4. The first-order chi connectivity index (χ1) is 8.15. The highest BCUT2D eigenvalue weighted by atomic mass is 32.2. The van der Waals surface area contributed by atoms with Crippen LogP contribution in [0.4, 0.5) is 5.69 Å². The fraction of sp³-hybridized carbons (Fsp3) is 0.200. The largest absolute Gasteiger partial charge is 0.399 e. The molecule has 1 atom stereocenters. The van der Waals surface area contributed by atoms with Gasteiger partial charge in [-0.05, 0) is 43.7 Å². The van der Waals surface area contributed by atoms with Crippen molar-refractivity contribution in [1.29, 1.82) is 0 Å². The summed E-state index contributed by atoms with van der Waals surface area (Å²) in [6, 6.07) is 16.7. The summed E-state index contributed by atoms with van der Waals surface area (Å²) in [5.74, 6) is 0. The second kappa shape index (κ2) is 5.28. The quantitative estimate of drug-likeness (QED) is 0.637. The third-order valence-electron chi connectivity index (χ3n) is 2.71. The number of nitrogen functional groups attached to an aromatic ring is 1. The summed E-state index contributed by atoms with van der Waals surface area (Å²) in [7, 11) is 0. The molecule has 0 aliphatic carbocycles. The van der Waals surface area contributed by atoms with Crippen LogP contribution in [0.15, 0.2) is 53.4 Å². The number of benzene rings is 2. The van der Waals surface area contributed by atoms with Crippen LogP contribution in [0.1, 0.15) is 23.3 Å². The molecule has 0 spiro atoms. The van der Waals surface area contributed by atoms with Crippen LogP contribution in [0.2, 0.25) is 0 Å². The van der Waals surface area contributed by atoms with Gasteiger partial charge in [-0.1, -0.05) is 29.8 Å². The monoisotopic (exact) mass is 243 g/mol. The first kappa shape index (κ1) is 12.1. The van der Waals surface area contributed by atoms with Crippen molar-refractivity contribution < 1.29 is 0 Å². The number of rotatable bonds is 3. The predicted octanol–water partition coefficient (Wildman–Crippen LogP) is 4.43. The Bertz CT molecular complexity index is 491. The Kier molecular flexibility index (Phi) is 3.75. The molecule has 0 saturated carbocycles. The maximum atomic E-state index is 5.69. The Morgan fingerprint density at radius 3 is 2.41 bits per heavy atom. The molecule has 0 aromatic heterocycles. The number of anilines is 1. The van der Waals surface area contributed by atoms with E-state index in [-0.39, 0.29) is 0 Å². The molecule has 0 aliphatic rings. The van der Waals surface area contributed by atoms with Crippen LogP contribution in [-0.2, 0) is 0 Å². The van der Waals surface area contributed by atoms with Gasteiger partial charge < -0.3 is 5.73 Å². The second-order valence-electron chi connectivity index (χ2n) is 4.24. The van der Waals surface area contributed by atoms with E-state index in [4.69, 9.17) is 5.73 Å². The highest BCUT2D eigenvalue weighted by Gasteiger charge is 2.07. The summed E-state index contributed by atoms with van der Waals surface area (Å²) >= 11 is 1.88. The van der Waals surface area contributed by atoms with E-state index in [1.54, 1.807) is 0 Å². The highest BCUT2D eigenvalue weighted by Crippen LogP contribution is 2.35. The van der Waals surface area contributed by atoms with E-state index in [0.29, 0.717) is 5.25 Å². The molecule has 2 aromatic rings. The molecule has 88 valence electrons. The lowest BCUT2D eigenvalue weighted by atomic mass is 10.1. The molecule has 0 fully saturated rings. The minimum absolute atomic E-state index is 0.442. The Balaban J connectivity index is 2.11. The first-order valence-corrected chi connectivity index (χ1v) is 6.62.